The van der Waals surface area contributed by atoms with Crippen LogP contribution in [0.1, 0.15) is 24.8 Å². The van der Waals surface area contributed by atoms with Crippen LogP contribution >= 0.6 is 23.2 Å². The van der Waals surface area contributed by atoms with E-state index < -0.39 is 0 Å². The molecule has 2 unspecified atom stereocenters. The van der Waals surface area contributed by atoms with Crippen molar-refractivity contribution in [3.63, 3.8) is 0 Å². The van der Waals surface area contributed by atoms with Crippen LogP contribution < -0.4 is 0 Å². The summed E-state index contributed by atoms with van der Waals surface area (Å²) in [6.45, 7) is 0.846. The minimum Gasteiger partial charge on any atom is -0.377 e. The van der Waals surface area contributed by atoms with E-state index in [9.17, 15) is 0 Å². The Kier molecular flexibility index (Phi) is 3.57. The van der Waals surface area contributed by atoms with Gasteiger partial charge in [-0.2, -0.15) is 0 Å². The molecule has 2 fully saturated rings. The van der Waals surface area contributed by atoms with E-state index in [-0.39, 0.29) is 5.41 Å². The van der Waals surface area contributed by atoms with Crippen LogP contribution in [-0.2, 0) is 11.2 Å². The molecule has 0 bridgehead atoms. The Balaban J connectivity index is 1.85. The van der Waals surface area contributed by atoms with Crippen LogP contribution in [0.15, 0.2) is 24.3 Å². The van der Waals surface area contributed by atoms with Crippen LogP contribution in [-0.4, -0.2) is 18.6 Å². The van der Waals surface area contributed by atoms with Gasteiger partial charge in [0.15, 0.2) is 0 Å². The maximum Gasteiger partial charge on any atom is 0.0674 e. The summed E-state index contributed by atoms with van der Waals surface area (Å²) >= 11 is 12.6. The van der Waals surface area contributed by atoms with Gasteiger partial charge in [-0.05, 0) is 43.2 Å². The van der Waals surface area contributed by atoms with Gasteiger partial charge in [0.2, 0.25) is 0 Å². The van der Waals surface area contributed by atoms with Crippen LogP contribution in [0.25, 0.3) is 0 Å². The highest BCUT2D eigenvalue weighted by Crippen LogP contribution is 2.50. The molecule has 1 aliphatic heterocycles. The van der Waals surface area contributed by atoms with E-state index in [0.29, 0.717) is 12.0 Å². The fourth-order valence-corrected chi connectivity index (χ4v) is 3.73. The van der Waals surface area contributed by atoms with Crippen LogP contribution in [0.5, 0.6) is 0 Å². The maximum absolute atomic E-state index is 6.31. The molecular weight excluding hydrogens is 267 g/mol. The summed E-state index contributed by atoms with van der Waals surface area (Å²) in [4.78, 5) is 0. The molecule has 2 aliphatic rings. The average molecular weight is 285 g/mol. The Morgan fingerprint density at radius 3 is 2.72 bits per heavy atom. The molecule has 0 aromatic heterocycles. The van der Waals surface area contributed by atoms with Gasteiger partial charge in [-0.3, -0.25) is 0 Å². The molecule has 3 heteroatoms. The standard InChI is InChI=1S/C15H18Cl2O/c16-10-15(7-8-18-14(15)11-5-6-11)9-12-3-1-2-4-13(12)17/h1-4,11,14H,5-10H2. The van der Waals surface area contributed by atoms with Gasteiger partial charge in [-0.25, -0.2) is 0 Å². The van der Waals surface area contributed by atoms with E-state index >= 15 is 0 Å². The summed E-state index contributed by atoms with van der Waals surface area (Å²) in [7, 11) is 0. The van der Waals surface area contributed by atoms with Gasteiger partial charge in [-0.15, -0.1) is 11.6 Å². The first-order valence-electron chi connectivity index (χ1n) is 6.66. The van der Waals surface area contributed by atoms with Gasteiger partial charge >= 0.3 is 0 Å². The first-order chi connectivity index (χ1) is 8.75. The molecule has 0 amide bonds. The summed E-state index contributed by atoms with van der Waals surface area (Å²) in [5.41, 5.74) is 1.30. The van der Waals surface area contributed by atoms with Crippen molar-refractivity contribution in [1.29, 1.82) is 0 Å². The molecule has 1 aromatic rings. The zero-order chi connectivity index (χ0) is 12.6. The highest BCUT2D eigenvalue weighted by molar-refractivity contribution is 6.31. The number of hydrogen-bond acceptors (Lipinski definition) is 1. The van der Waals surface area contributed by atoms with Gasteiger partial charge in [0.25, 0.3) is 0 Å². The molecular formula is C15H18Cl2O. The van der Waals surface area contributed by atoms with Crippen LogP contribution in [0.2, 0.25) is 5.02 Å². The number of rotatable bonds is 4. The second-order valence-electron chi connectivity index (χ2n) is 5.64. The van der Waals surface area contributed by atoms with E-state index in [2.05, 4.69) is 6.07 Å². The molecule has 1 aromatic carbocycles. The molecule has 1 aliphatic carbocycles. The third-order valence-electron chi connectivity index (χ3n) is 4.32. The summed E-state index contributed by atoms with van der Waals surface area (Å²) in [6, 6.07) is 8.09. The first-order valence-corrected chi connectivity index (χ1v) is 7.57. The fourth-order valence-electron chi connectivity index (χ4n) is 3.14. The largest absolute Gasteiger partial charge is 0.377 e. The van der Waals surface area contributed by atoms with Crippen LogP contribution in [0, 0.1) is 11.3 Å². The Morgan fingerprint density at radius 1 is 1.28 bits per heavy atom. The van der Waals surface area contributed by atoms with Crippen molar-refractivity contribution in [3.8, 4) is 0 Å². The smallest absolute Gasteiger partial charge is 0.0674 e. The fraction of sp³-hybridized carbons (Fsp3) is 0.600. The summed E-state index contributed by atoms with van der Waals surface area (Å²) in [5, 5.41) is 0.850. The summed E-state index contributed by atoms with van der Waals surface area (Å²) < 4.78 is 5.97. The number of hydrogen-bond donors (Lipinski definition) is 0. The molecule has 1 saturated heterocycles. The molecule has 1 heterocycles. The molecule has 98 valence electrons. The predicted molar refractivity (Wildman–Crippen MR) is 75.4 cm³/mol. The molecule has 0 spiro atoms. The van der Waals surface area contributed by atoms with Gasteiger partial charge in [0, 0.05) is 22.9 Å². The Labute approximate surface area is 118 Å². The van der Waals surface area contributed by atoms with Crippen molar-refractivity contribution in [1.82, 2.24) is 0 Å². The molecule has 0 N–H and O–H groups in total. The van der Waals surface area contributed by atoms with Gasteiger partial charge in [0.1, 0.15) is 0 Å². The summed E-state index contributed by atoms with van der Waals surface area (Å²) in [5.74, 6) is 1.40. The van der Waals surface area contributed by atoms with Crippen molar-refractivity contribution in [2.24, 2.45) is 11.3 Å². The average Bonchev–Trinajstić information content (AvgIpc) is 3.14. The van der Waals surface area contributed by atoms with Gasteiger partial charge in [-0.1, -0.05) is 29.8 Å². The lowest BCUT2D eigenvalue weighted by Gasteiger charge is -2.32. The minimum absolute atomic E-state index is 0.0910. The third-order valence-corrected chi connectivity index (χ3v) is 5.22. The molecule has 18 heavy (non-hydrogen) atoms. The number of halogens is 2. The number of ether oxygens (including phenoxy) is 1. The molecule has 3 rings (SSSR count). The van der Waals surface area contributed by atoms with E-state index in [0.717, 1.165) is 30.4 Å². The quantitative estimate of drug-likeness (QED) is 0.749. The molecule has 1 saturated carbocycles. The lowest BCUT2D eigenvalue weighted by molar-refractivity contribution is 0.0403. The van der Waals surface area contributed by atoms with Crippen molar-refractivity contribution in [3.05, 3.63) is 34.9 Å². The lowest BCUT2D eigenvalue weighted by atomic mass is 9.76. The van der Waals surface area contributed by atoms with Crippen molar-refractivity contribution >= 4 is 23.2 Å². The SMILES string of the molecule is ClCC1(Cc2ccccc2Cl)CCOC1C1CC1. The second-order valence-corrected chi connectivity index (χ2v) is 6.32. The van der Waals surface area contributed by atoms with Crippen molar-refractivity contribution in [2.45, 2.75) is 31.8 Å². The Hall–Kier alpha value is -0.240. The topological polar surface area (TPSA) is 9.23 Å². The highest BCUT2D eigenvalue weighted by atomic mass is 35.5. The van der Waals surface area contributed by atoms with E-state index in [1.165, 1.54) is 18.4 Å². The lowest BCUT2D eigenvalue weighted by Crippen LogP contribution is -2.36. The number of benzene rings is 1. The molecule has 0 radical (unpaired) electrons. The maximum atomic E-state index is 6.31. The van der Waals surface area contributed by atoms with E-state index in [1.54, 1.807) is 0 Å². The zero-order valence-electron chi connectivity index (χ0n) is 10.4. The van der Waals surface area contributed by atoms with Crippen LogP contribution in [0.3, 0.4) is 0 Å². The predicted octanol–water partition coefficient (Wildman–Crippen LogP) is 4.31. The van der Waals surface area contributed by atoms with Crippen molar-refractivity contribution in [2.75, 3.05) is 12.5 Å². The normalized spacial score (nSPS) is 31.8. The van der Waals surface area contributed by atoms with E-state index in [4.69, 9.17) is 27.9 Å². The van der Waals surface area contributed by atoms with Gasteiger partial charge in [0.05, 0.1) is 6.10 Å². The zero-order valence-corrected chi connectivity index (χ0v) is 11.9. The Morgan fingerprint density at radius 2 is 2.06 bits per heavy atom. The first kappa shape index (κ1) is 12.8. The molecule has 2 atom stereocenters. The second kappa shape index (κ2) is 5.03. The van der Waals surface area contributed by atoms with Crippen molar-refractivity contribution < 1.29 is 4.74 Å². The monoisotopic (exact) mass is 284 g/mol. The van der Waals surface area contributed by atoms with Gasteiger partial charge < -0.3 is 4.74 Å². The third kappa shape index (κ3) is 2.29. The summed E-state index contributed by atoms with van der Waals surface area (Å²) in [6.07, 6.45) is 4.93. The van der Waals surface area contributed by atoms with Crippen LogP contribution in [0.4, 0.5) is 0 Å². The minimum atomic E-state index is 0.0910. The number of alkyl halides is 1. The molecule has 1 nitrogen and oxygen atoms in total. The highest BCUT2D eigenvalue weighted by Gasteiger charge is 2.50. The van der Waals surface area contributed by atoms with E-state index in [1.807, 2.05) is 18.2 Å². The Bertz CT molecular complexity index is 430.